The molecule has 1 aliphatic rings. The highest BCUT2D eigenvalue weighted by Gasteiger charge is 2.27. The average molecular weight is 448 g/mol. The molecule has 1 aromatic carbocycles. The first-order valence-electron chi connectivity index (χ1n) is 9.64. The molecule has 29 heavy (non-hydrogen) atoms. The monoisotopic (exact) mass is 447 g/mol. The van der Waals surface area contributed by atoms with Gasteiger partial charge in [0.15, 0.2) is 0 Å². The van der Waals surface area contributed by atoms with Crippen LogP contribution in [0.4, 0.5) is 4.39 Å². The Kier molecular flexibility index (Phi) is 9.35. The van der Waals surface area contributed by atoms with Crippen molar-refractivity contribution < 1.29 is 22.3 Å². The normalized spacial score (nSPS) is 21.7. The third kappa shape index (κ3) is 7.53. The number of rotatable bonds is 10. The molecule has 3 atom stereocenters. The van der Waals surface area contributed by atoms with E-state index in [0.717, 1.165) is 19.2 Å². The SMILES string of the molecule is CSCCC(NS(=O)(=O)c1ccccc1F)C(=O)NCCN1CC(C)OC(C)C1. The zero-order chi connectivity index (χ0) is 21.4. The molecule has 1 amide bonds. The Hall–Kier alpha value is -1.20. The standard InChI is InChI=1S/C19H30FN3O4S2/c1-14-12-23(13-15(2)27-14)10-9-21-19(24)17(8-11-28-3)22-29(25,26)18-7-5-4-6-16(18)20/h4-7,14-15,17,22H,8-13H2,1-3H3,(H,21,24). The van der Waals surface area contributed by atoms with Crippen molar-refractivity contribution >= 4 is 27.7 Å². The first kappa shape index (κ1) is 24.1. The van der Waals surface area contributed by atoms with E-state index in [1.165, 1.54) is 30.0 Å². The molecule has 1 fully saturated rings. The summed E-state index contributed by atoms with van der Waals surface area (Å²) < 4.78 is 47.1. The fourth-order valence-corrected chi connectivity index (χ4v) is 5.10. The number of nitrogens with one attached hydrogen (secondary N) is 2. The summed E-state index contributed by atoms with van der Waals surface area (Å²) >= 11 is 1.51. The minimum atomic E-state index is -4.15. The van der Waals surface area contributed by atoms with E-state index in [2.05, 4.69) is 14.9 Å². The van der Waals surface area contributed by atoms with Crippen LogP contribution < -0.4 is 10.0 Å². The molecule has 164 valence electrons. The van der Waals surface area contributed by atoms with Crippen molar-refractivity contribution in [2.24, 2.45) is 0 Å². The van der Waals surface area contributed by atoms with Crippen LogP contribution >= 0.6 is 11.8 Å². The van der Waals surface area contributed by atoms with Crippen LogP contribution in [0.1, 0.15) is 20.3 Å². The molecule has 7 nitrogen and oxygen atoms in total. The molecular weight excluding hydrogens is 417 g/mol. The summed E-state index contributed by atoms with van der Waals surface area (Å²) in [4.78, 5) is 14.4. The van der Waals surface area contributed by atoms with E-state index in [-0.39, 0.29) is 12.2 Å². The van der Waals surface area contributed by atoms with E-state index >= 15 is 0 Å². The van der Waals surface area contributed by atoms with Crippen molar-refractivity contribution in [3.05, 3.63) is 30.1 Å². The summed E-state index contributed by atoms with van der Waals surface area (Å²) in [5.74, 6) is -0.663. The van der Waals surface area contributed by atoms with Crippen molar-refractivity contribution in [1.29, 1.82) is 0 Å². The van der Waals surface area contributed by atoms with Gasteiger partial charge in [-0.15, -0.1) is 0 Å². The summed E-state index contributed by atoms with van der Waals surface area (Å²) in [5, 5.41) is 2.81. The lowest BCUT2D eigenvalue weighted by Crippen LogP contribution is -2.51. The second-order valence-corrected chi connectivity index (χ2v) is 9.86. The smallest absolute Gasteiger partial charge is 0.244 e. The number of sulfonamides is 1. The van der Waals surface area contributed by atoms with Gasteiger partial charge in [-0.2, -0.15) is 16.5 Å². The highest BCUT2D eigenvalue weighted by molar-refractivity contribution is 7.98. The Morgan fingerprint density at radius 1 is 1.31 bits per heavy atom. The van der Waals surface area contributed by atoms with Crippen LogP contribution in [0.25, 0.3) is 0 Å². The zero-order valence-corrected chi connectivity index (χ0v) is 18.7. The lowest BCUT2D eigenvalue weighted by molar-refractivity contribution is -0.123. The molecule has 2 N–H and O–H groups in total. The molecule has 2 rings (SSSR count). The van der Waals surface area contributed by atoms with Crippen LogP contribution in [0.15, 0.2) is 29.2 Å². The number of halogens is 1. The van der Waals surface area contributed by atoms with Crippen molar-refractivity contribution in [3.63, 3.8) is 0 Å². The van der Waals surface area contributed by atoms with E-state index in [4.69, 9.17) is 4.74 Å². The summed E-state index contributed by atoms with van der Waals surface area (Å²) in [6.07, 6.45) is 2.46. The quantitative estimate of drug-likeness (QED) is 0.565. The lowest BCUT2D eigenvalue weighted by atomic mass is 10.2. The van der Waals surface area contributed by atoms with E-state index in [0.29, 0.717) is 25.3 Å². The summed E-state index contributed by atoms with van der Waals surface area (Å²) in [6.45, 7) is 6.65. The number of hydrogen-bond donors (Lipinski definition) is 2. The fraction of sp³-hybridized carbons (Fsp3) is 0.632. The molecule has 0 saturated carbocycles. The molecular formula is C19H30FN3O4S2. The third-order valence-corrected chi connectivity index (χ3v) is 6.72. The van der Waals surface area contributed by atoms with Crippen LogP contribution in [-0.2, 0) is 19.6 Å². The van der Waals surface area contributed by atoms with Gasteiger partial charge in [-0.1, -0.05) is 12.1 Å². The van der Waals surface area contributed by atoms with E-state index in [9.17, 15) is 17.6 Å². The second-order valence-electron chi connectivity index (χ2n) is 7.19. The number of benzene rings is 1. The number of carbonyl (C=O) groups excluding carboxylic acids is 1. The molecule has 0 bridgehead atoms. The van der Waals surface area contributed by atoms with Crippen LogP contribution in [0.3, 0.4) is 0 Å². The maximum absolute atomic E-state index is 13.9. The number of amides is 1. The number of carbonyl (C=O) groups is 1. The topological polar surface area (TPSA) is 87.7 Å². The molecule has 1 aliphatic heterocycles. The summed E-state index contributed by atoms with van der Waals surface area (Å²) in [7, 11) is -4.15. The van der Waals surface area contributed by atoms with E-state index < -0.39 is 32.7 Å². The van der Waals surface area contributed by atoms with Crippen LogP contribution in [-0.4, -0.2) is 75.7 Å². The van der Waals surface area contributed by atoms with Gasteiger partial charge in [-0.05, 0) is 44.4 Å². The molecule has 1 heterocycles. The zero-order valence-electron chi connectivity index (χ0n) is 17.1. The molecule has 1 saturated heterocycles. The van der Waals surface area contributed by atoms with Crippen molar-refractivity contribution in [2.75, 3.05) is 38.2 Å². The number of hydrogen-bond acceptors (Lipinski definition) is 6. The molecule has 0 aromatic heterocycles. The van der Waals surface area contributed by atoms with Crippen molar-refractivity contribution in [2.45, 2.75) is 43.4 Å². The van der Waals surface area contributed by atoms with Crippen molar-refractivity contribution in [3.8, 4) is 0 Å². The first-order chi connectivity index (χ1) is 13.7. The molecule has 0 spiro atoms. The maximum atomic E-state index is 13.9. The van der Waals surface area contributed by atoms with E-state index in [1.807, 2.05) is 20.1 Å². The Balaban J connectivity index is 1.96. The van der Waals surface area contributed by atoms with Crippen LogP contribution in [0.5, 0.6) is 0 Å². The Bertz CT molecular complexity index is 768. The lowest BCUT2D eigenvalue weighted by Gasteiger charge is -2.35. The van der Waals surface area contributed by atoms with Gasteiger partial charge in [0.2, 0.25) is 15.9 Å². The summed E-state index contributed by atoms with van der Waals surface area (Å²) in [5.41, 5.74) is 0. The number of nitrogens with zero attached hydrogens (tertiary/aromatic N) is 1. The third-order valence-electron chi connectivity index (χ3n) is 4.57. The van der Waals surface area contributed by atoms with Gasteiger partial charge in [0.25, 0.3) is 0 Å². The predicted octanol–water partition coefficient (Wildman–Crippen LogP) is 1.45. The second kappa shape index (κ2) is 11.3. The average Bonchev–Trinajstić information content (AvgIpc) is 2.64. The molecule has 0 radical (unpaired) electrons. The van der Waals surface area contributed by atoms with Gasteiger partial charge in [-0.25, -0.2) is 12.8 Å². The van der Waals surface area contributed by atoms with E-state index in [1.54, 1.807) is 0 Å². The van der Waals surface area contributed by atoms with Crippen LogP contribution in [0.2, 0.25) is 0 Å². The van der Waals surface area contributed by atoms with Gasteiger partial charge >= 0.3 is 0 Å². The minimum absolute atomic E-state index is 0.136. The number of morpholine rings is 1. The highest BCUT2D eigenvalue weighted by atomic mass is 32.2. The predicted molar refractivity (Wildman–Crippen MR) is 113 cm³/mol. The molecule has 1 aromatic rings. The van der Waals surface area contributed by atoms with Gasteiger partial charge in [0.05, 0.1) is 12.2 Å². The Labute approximate surface area is 176 Å². The first-order valence-corrected chi connectivity index (χ1v) is 12.5. The molecule has 0 aliphatic carbocycles. The number of ether oxygens (including phenoxy) is 1. The highest BCUT2D eigenvalue weighted by Crippen LogP contribution is 2.15. The minimum Gasteiger partial charge on any atom is -0.373 e. The van der Waals surface area contributed by atoms with Gasteiger partial charge in [-0.3, -0.25) is 9.69 Å². The maximum Gasteiger partial charge on any atom is 0.244 e. The largest absolute Gasteiger partial charge is 0.373 e. The molecule has 3 unspecified atom stereocenters. The number of thioether (sulfide) groups is 1. The van der Waals surface area contributed by atoms with Gasteiger partial charge in [0.1, 0.15) is 16.8 Å². The van der Waals surface area contributed by atoms with Crippen LogP contribution in [0, 0.1) is 5.82 Å². The Morgan fingerprint density at radius 3 is 2.59 bits per heavy atom. The van der Waals surface area contributed by atoms with Gasteiger partial charge < -0.3 is 10.1 Å². The van der Waals surface area contributed by atoms with Gasteiger partial charge in [0, 0.05) is 26.2 Å². The van der Waals surface area contributed by atoms with Crippen molar-refractivity contribution in [1.82, 2.24) is 14.9 Å². The summed E-state index contributed by atoms with van der Waals surface area (Å²) in [6, 6.07) is 4.16. The Morgan fingerprint density at radius 2 is 1.97 bits per heavy atom. The fourth-order valence-electron chi connectivity index (χ4n) is 3.32. The molecule has 10 heteroatoms.